The molecule has 0 spiro atoms. The summed E-state index contributed by atoms with van der Waals surface area (Å²) < 4.78 is 0. The summed E-state index contributed by atoms with van der Waals surface area (Å²) in [6, 6.07) is 5.62. The Balaban J connectivity index is 1.95. The summed E-state index contributed by atoms with van der Waals surface area (Å²) in [4.78, 5) is 8.47. The van der Waals surface area contributed by atoms with Crippen molar-refractivity contribution in [1.82, 2.24) is 9.97 Å². The summed E-state index contributed by atoms with van der Waals surface area (Å²) in [6.45, 7) is 1.09. The van der Waals surface area contributed by atoms with Gasteiger partial charge >= 0.3 is 0 Å². The van der Waals surface area contributed by atoms with Gasteiger partial charge in [-0.3, -0.25) is 0 Å². The van der Waals surface area contributed by atoms with Gasteiger partial charge in [-0.2, -0.15) is 11.8 Å². The van der Waals surface area contributed by atoms with E-state index < -0.39 is 0 Å². The molecule has 1 heterocycles. The second-order valence-corrected chi connectivity index (χ2v) is 5.34. The first-order chi connectivity index (χ1) is 9.31. The summed E-state index contributed by atoms with van der Waals surface area (Å²) in [5.74, 6) is 2.78. The van der Waals surface area contributed by atoms with Gasteiger partial charge < -0.3 is 16.2 Å². The lowest BCUT2D eigenvalue weighted by molar-refractivity contribution is 0.296. The Morgan fingerprint density at radius 2 is 2.16 bits per heavy atom. The third-order valence-electron chi connectivity index (χ3n) is 2.65. The average molecular weight is 278 g/mol. The van der Waals surface area contributed by atoms with E-state index in [1.165, 1.54) is 0 Å². The smallest absolute Gasteiger partial charge is 0.137 e. The van der Waals surface area contributed by atoms with Gasteiger partial charge in [-0.25, -0.2) is 9.97 Å². The quantitative estimate of drug-likeness (QED) is 0.528. The molecule has 0 atom stereocenters. The summed E-state index contributed by atoms with van der Waals surface area (Å²) in [6.07, 6.45) is 2.40. The predicted octanol–water partition coefficient (Wildman–Crippen LogP) is 1.74. The van der Waals surface area contributed by atoms with Crippen LogP contribution in [-0.4, -0.2) is 39.7 Å². The van der Waals surface area contributed by atoms with Crippen molar-refractivity contribution < 1.29 is 5.11 Å². The van der Waals surface area contributed by atoms with Crippen molar-refractivity contribution in [3.63, 3.8) is 0 Å². The highest BCUT2D eigenvalue weighted by molar-refractivity contribution is 7.99. The summed E-state index contributed by atoms with van der Waals surface area (Å²) >= 11 is 1.82. The molecule has 0 saturated carbocycles. The van der Waals surface area contributed by atoms with Crippen LogP contribution < -0.4 is 11.1 Å². The molecular weight excluding hydrogens is 260 g/mol. The molecule has 6 heteroatoms. The van der Waals surface area contributed by atoms with Gasteiger partial charge in [-0.15, -0.1) is 0 Å². The van der Waals surface area contributed by atoms with Gasteiger partial charge in [0.15, 0.2) is 0 Å². The molecule has 0 radical (unpaired) electrons. The molecule has 1 aromatic heterocycles. The summed E-state index contributed by atoms with van der Waals surface area (Å²) in [5.41, 5.74) is 7.39. The van der Waals surface area contributed by atoms with Gasteiger partial charge in [-0.05, 0) is 30.4 Å². The Hall–Kier alpha value is -1.53. The van der Waals surface area contributed by atoms with Crippen molar-refractivity contribution in [2.75, 3.05) is 35.7 Å². The molecule has 0 aliphatic rings. The van der Waals surface area contributed by atoms with Crippen LogP contribution in [0.5, 0.6) is 0 Å². The van der Waals surface area contributed by atoms with E-state index in [0.29, 0.717) is 5.69 Å². The Morgan fingerprint density at radius 1 is 1.26 bits per heavy atom. The molecule has 2 aromatic rings. The van der Waals surface area contributed by atoms with E-state index in [0.717, 1.165) is 41.2 Å². The molecule has 1 aromatic carbocycles. The zero-order chi connectivity index (χ0) is 13.5. The number of nitrogen functional groups attached to an aromatic ring is 1. The van der Waals surface area contributed by atoms with E-state index in [-0.39, 0.29) is 6.61 Å². The van der Waals surface area contributed by atoms with Gasteiger partial charge in [0.25, 0.3) is 0 Å². The maximum absolute atomic E-state index is 8.69. The topological polar surface area (TPSA) is 84.1 Å². The molecule has 19 heavy (non-hydrogen) atoms. The van der Waals surface area contributed by atoms with Crippen LogP contribution in [0.4, 0.5) is 11.5 Å². The molecule has 2 rings (SSSR count). The first-order valence-electron chi connectivity index (χ1n) is 6.24. The number of hydrogen-bond donors (Lipinski definition) is 3. The lowest BCUT2D eigenvalue weighted by Gasteiger charge is -2.08. The largest absolute Gasteiger partial charge is 0.399 e. The second-order valence-electron chi connectivity index (χ2n) is 4.12. The summed E-state index contributed by atoms with van der Waals surface area (Å²) in [7, 11) is 0. The second kappa shape index (κ2) is 7.16. The molecule has 0 saturated heterocycles. The minimum atomic E-state index is 0.260. The monoisotopic (exact) mass is 278 g/mol. The number of hydrogen-bond acceptors (Lipinski definition) is 6. The molecule has 0 aliphatic heterocycles. The number of nitrogens with two attached hydrogens (primary N) is 1. The van der Waals surface area contributed by atoms with Gasteiger partial charge in [0.05, 0.1) is 5.52 Å². The Bertz CT molecular complexity index is 535. The van der Waals surface area contributed by atoms with Crippen molar-refractivity contribution >= 4 is 34.2 Å². The Kier molecular flexibility index (Phi) is 5.23. The fraction of sp³-hybridized carbons (Fsp3) is 0.385. The maximum atomic E-state index is 8.69. The van der Waals surface area contributed by atoms with Crippen molar-refractivity contribution in [3.05, 3.63) is 24.5 Å². The Morgan fingerprint density at radius 3 is 3.00 bits per heavy atom. The van der Waals surface area contributed by atoms with Gasteiger partial charge in [0, 0.05) is 30.0 Å². The lowest BCUT2D eigenvalue weighted by Crippen LogP contribution is -2.07. The number of rotatable bonds is 7. The number of nitrogens with one attached hydrogen (secondary N) is 1. The van der Waals surface area contributed by atoms with Crippen LogP contribution in [0.1, 0.15) is 6.42 Å². The highest BCUT2D eigenvalue weighted by Gasteiger charge is 2.03. The van der Waals surface area contributed by atoms with Crippen LogP contribution in [0, 0.1) is 0 Å². The number of fused-ring (bicyclic) bond motifs is 1. The minimum Gasteiger partial charge on any atom is -0.399 e. The van der Waals surface area contributed by atoms with Crippen LogP contribution in [0.25, 0.3) is 10.9 Å². The molecule has 4 N–H and O–H groups in total. The minimum absolute atomic E-state index is 0.260. The zero-order valence-corrected chi connectivity index (χ0v) is 11.5. The zero-order valence-electron chi connectivity index (χ0n) is 10.7. The van der Waals surface area contributed by atoms with Crippen LogP contribution >= 0.6 is 11.8 Å². The van der Waals surface area contributed by atoms with Crippen LogP contribution in [0.3, 0.4) is 0 Å². The Labute approximate surface area is 116 Å². The van der Waals surface area contributed by atoms with Gasteiger partial charge in [0.1, 0.15) is 12.1 Å². The standard InChI is InChI=1S/C13H18N4OS/c14-10-2-3-12-11(8-10)13(17-9-16-12)15-4-7-19-6-1-5-18/h2-3,8-9,18H,1,4-7,14H2,(H,15,16,17). The fourth-order valence-corrected chi connectivity index (χ4v) is 2.51. The molecular formula is C13H18N4OS. The van der Waals surface area contributed by atoms with E-state index >= 15 is 0 Å². The van der Waals surface area contributed by atoms with Crippen LogP contribution in [0.15, 0.2) is 24.5 Å². The SMILES string of the molecule is Nc1ccc2ncnc(NCCSCCCO)c2c1. The number of thioether (sulfide) groups is 1. The van der Waals surface area contributed by atoms with Gasteiger partial charge in [-0.1, -0.05) is 0 Å². The number of nitrogens with zero attached hydrogens (tertiary/aromatic N) is 2. The summed E-state index contributed by atoms with van der Waals surface area (Å²) in [5, 5.41) is 12.9. The molecule has 0 aliphatic carbocycles. The van der Waals surface area contributed by atoms with Crippen LogP contribution in [-0.2, 0) is 0 Å². The third-order valence-corrected chi connectivity index (χ3v) is 3.72. The highest BCUT2D eigenvalue weighted by atomic mass is 32.2. The van der Waals surface area contributed by atoms with Crippen molar-refractivity contribution in [3.8, 4) is 0 Å². The fourth-order valence-electron chi connectivity index (χ4n) is 1.73. The van der Waals surface area contributed by atoms with E-state index in [9.17, 15) is 0 Å². The molecule has 5 nitrogen and oxygen atoms in total. The predicted molar refractivity (Wildman–Crippen MR) is 81.5 cm³/mol. The number of aliphatic hydroxyl groups excluding tert-OH is 1. The number of benzene rings is 1. The number of aromatic nitrogens is 2. The number of aliphatic hydroxyl groups is 1. The van der Waals surface area contributed by atoms with E-state index in [2.05, 4.69) is 15.3 Å². The normalized spacial score (nSPS) is 10.8. The van der Waals surface area contributed by atoms with Crippen molar-refractivity contribution in [2.45, 2.75) is 6.42 Å². The molecule has 102 valence electrons. The molecule has 0 amide bonds. The highest BCUT2D eigenvalue weighted by Crippen LogP contribution is 2.21. The van der Waals surface area contributed by atoms with E-state index in [1.54, 1.807) is 6.33 Å². The average Bonchev–Trinajstić information content (AvgIpc) is 2.43. The van der Waals surface area contributed by atoms with Crippen LogP contribution in [0.2, 0.25) is 0 Å². The third kappa shape index (κ3) is 3.97. The maximum Gasteiger partial charge on any atom is 0.137 e. The first-order valence-corrected chi connectivity index (χ1v) is 7.39. The molecule has 0 bridgehead atoms. The number of anilines is 2. The van der Waals surface area contributed by atoms with Crippen molar-refractivity contribution in [2.24, 2.45) is 0 Å². The van der Waals surface area contributed by atoms with Crippen molar-refractivity contribution in [1.29, 1.82) is 0 Å². The van der Waals surface area contributed by atoms with E-state index in [4.69, 9.17) is 10.8 Å². The van der Waals surface area contributed by atoms with E-state index in [1.807, 2.05) is 30.0 Å². The first kappa shape index (κ1) is 13.9. The molecule has 0 fully saturated rings. The lowest BCUT2D eigenvalue weighted by atomic mass is 10.2. The molecule has 0 unspecified atom stereocenters. The van der Waals surface area contributed by atoms with Gasteiger partial charge in [0.2, 0.25) is 0 Å².